The summed E-state index contributed by atoms with van der Waals surface area (Å²) in [5.74, 6) is -3.56. The summed E-state index contributed by atoms with van der Waals surface area (Å²) in [4.78, 5) is 20.0. The van der Waals surface area contributed by atoms with E-state index in [1.165, 1.54) is 41.2 Å². The number of amides is 1. The van der Waals surface area contributed by atoms with E-state index in [-0.39, 0.29) is 22.6 Å². The molecule has 158 valence electrons. The van der Waals surface area contributed by atoms with Crippen molar-refractivity contribution in [3.8, 4) is 17.0 Å². The number of alkyl halides is 3. The summed E-state index contributed by atoms with van der Waals surface area (Å²) in [5.41, 5.74) is -0.399. The van der Waals surface area contributed by atoms with Gasteiger partial charge < -0.3 is 10.1 Å². The maximum Gasteiger partial charge on any atom is 0.573 e. The number of halogens is 5. The van der Waals surface area contributed by atoms with Crippen LogP contribution in [0.25, 0.3) is 16.9 Å². The van der Waals surface area contributed by atoms with E-state index in [9.17, 15) is 26.7 Å². The van der Waals surface area contributed by atoms with Crippen molar-refractivity contribution in [3.63, 3.8) is 0 Å². The van der Waals surface area contributed by atoms with Crippen LogP contribution in [0.4, 0.5) is 27.6 Å². The number of fused-ring (bicyclic) bond motifs is 1. The lowest BCUT2D eigenvalue weighted by Gasteiger charge is -2.13. The molecule has 1 N–H and O–H groups in total. The van der Waals surface area contributed by atoms with Crippen LogP contribution >= 0.6 is 0 Å². The van der Waals surface area contributed by atoms with Gasteiger partial charge in [-0.3, -0.25) is 4.79 Å². The molecule has 0 unspecified atom stereocenters. The molecular formula is C19H10F5N5O2. The van der Waals surface area contributed by atoms with Crippen molar-refractivity contribution in [1.29, 1.82) is 0 Å². The van der Waals surface area contributed by atoms with Crippen LogP contribution in [-0.2, 0) is 0 Å². The lowest BCUT2D eigenvalue weighted by atomic mass is 10.1. The maximum absolute atomic E-state index is 13.8. The van der Waals surface area contributed by atoms with Crippen molar-refractivity contribution >= 4 is 17.2 Å². The number of rotatable bonds is 4. The average Bonchev–Trinajstić information content (AvgIpc) is 3.09. The summed E-state index contributed by atoms with van der Waals surface area (Å²) in [5, 5.41) is 6.32. The molecule has 0 radical (unpaired) electrons. The second-order valence-electron chi connectivity index (χ2n) is 6.12. The number of para-hydroxylation sites is 1. The maximum atomic E-state index is 13.8. The fourth-order valence-corrected chi connectivity index (χ4v) is 2.76. The third-order valence-corrected chi connectivity index (χ3v) is 4.03. The van der Waals surface area contributed by atoms with Crippen molar-refractivity contribution in [1.82, 2.24) is 19.6 Å². The third kappa shape index (κ3) is 4.27. The number of pyridine rings is 1. The van der Waals surface area contributed by atoms with Crippen LogP contribution in [0.2, 0.25) is 0 Å². The Labute approximate surface area is 170 Å². The highest BCUT2D eigenvalue weighted by Gasteiger charge is 2.32. The van der Waals surface area contributed by atoms with Crippen LogP contribution in [0.15, 0.2) is 55.0 Å². The van der Waals surface area contributed by atoms with Gasteiger partial charge in [0.25, 0.3) is 5.91 Å². The number of aromatic nitrogens is 4. The molecule has 4 rings (SSSR count). The normalized spacial score (nSPS) is 11.5. The fourth-order valence-electron chi connectivity index (χ4n) is 2.76. The second kappa shape index (κ2) is 7.63. The molecule has 4 aromatic rings. The SMILES string of the molecule is O=C(Nc1cnn2ccc(-c3ccccc3OC(F)(F)F)nc12)c1ncc(F)cc1F. The summed E-state index contributed by atoms with van der Waals surface area (Å²) in [7, 11) is 0. The van der Waals surface area contributed by atoms with E-state index in [1.807, 2.05) is 0 Å². The lowest BCUT2D eigenvalue weighted by molar-refractivity contribution is -0.274. The van der Waals surface area contributed by atoms with Gasteiger partial charge in [-0.05, 0) is 18.2 Å². The molecule has 0 fully saturated rings. The van der Waals surface area contributed by atoms with Gasteiger partial charge in [-0.2, -0.15) is 5.10 Å². The molecule has 0 aliphatic heterocycles. The predicted molar refractivity (Wildman–Crippen MR) is 97.2 cm³/mol. The third-order valence-electron chi connectivity index (χ3n) is 4.03. The van der Waals surface area contributed by atoms with Crippen molar-refractivity contribution < 1.29 is 31.5 Å². The van der Waals surface area contributed by atoms with Crippen LogP contribution in [0, 0.1) is 11.6 Å². The van der Waals surface area contributed by atoms with Crippen LogP contribution in [0.1, 0.15) is 10.5 Å². The van der Waals surface area contributed by atoms with E-state index in [2.05, 4.69) is 25.1 Å². The van der Waals surface area contributed by atoms with E-state index in [0.717, 1.165) is 6.07 Å². The number of nitrogens with one attached hydrogen (secondary N) is 1. The Morgan fingerprint density at radius 1 is 1.10 bits per heavy atom. The molecular weight excluding hydrogens is 425 g/mol. The molecule has 0 saturated carbocycles. The molecule has 0 bridgehead atoms. The monoisotopic (exact) mass is 435 g/mol. The summed E-state index contributed by atoms with van der Waals surface area (Å²) >= 11 is 0. The standard InChI is InChI=1S/C19H10F5N5O2/c20-10-7-12(21)16(25-8-10)18(30)28-14-9-26-29-6-5-13(27-17(14)29)11-3-1-2-4-15(11)31-19(22,23)24/h1-9H,(H,28,30). The Balaban J connectivity index is 1.70. The minimum absolute atomic E-state index is 0.0339. The van der Waals surface area contributed by atoms with Gasteiger partial charge in [-0.15, -0.1) is 13.2 Å². The number of carbonyl (C=O) groups excluding carboxylic acids is 1. The smallest absolute Gasteiger partial charge is 0.405 e. The van der Waals surface area contributed by atoms with Crippen molar-refractivity contribution in [3.05, 3.63) is 72.3 Å². The summed E-state index contributed by atoms with van der Waals surface area (Å²) < 4.78 is 70.2. The summed E-state index contributed by atoms with van der Waals surface area (Å²) in [6, 6.07) is 7.31. The highest BCUT2D eigenvalue weighted by atomic mass is 19.4. The number of ether oxygens (including phenoxy) is 1. The molecule has 7 nitrogen and oxygen atoms in total. The highest BCUT2D eigenvalue weighted by Crippen LogP contribution is 2.33. The zero-order valence-corrected chi connectivity index (χ0v) is 15.2. The van der Waals surface area contributed by atoms with Gasteiger partial charge in [0.1, 0.15) is 17.3 Å². The number of carbonyl (C=O) groups is 1. The molecule has 0 spiro atoms. The minimum atomic E-state index is -4.90. The number of hydrogen-bond donors (Lipinski definition) is 1. The number of benzene rings is 1. The van der Waals surface area contributed by atoms with Crippen LogP contribution in [0.5, 0.6) is 5.75 Å². The van der Waals surface area contributed by atoms with Gasteiger partial charge in [-0.1, -0.05) is 12.1 Å². The Kier molecular flexibility index (Phi) is 4.97. The van der Waals surface area contributed by atoms with Gasteiger partial charge >= 0.3 is 6.36 Å². The largest absolute Gasteiger partial charge is 0.573 e. The first-order valence-electron chi connectivity index (χ1n) is 8.53. The fraction of sp³-hybridized carbons (Fsp3) is 0.0526. The predicted octanol–water partition coefficient (Wildman–Crippen LogP) is 4.22. The van der Waals surface area contributed by atoms with E-state index in [0.29, 0.717) is 12.3 Å². The van der Waals surface area contributed by atoms with Crippen LogP contribution in [-0.4, -0.2) is 31.9 Å². The molecule has 0 aliphatic rings. The number of anilines is 1. The topological polar surface area (TPSA) is 81.4 Å². The Bertz CT molecular complexity index is 1290. The highest BCUT2D eigenvalue weighted by molar-refractivity contribution is 6.04. The zero-order valence-electron chi connectivity index (χ0n) is 15.2. The first-order valence-corrected chi connectivity index (χ1v) is 8.53. The Hall–Kier alpha value is -4.09. The second-order valence-corrected chi connectivity index (χ2v) is 6.12. The van der Waals surface area contributed by atoms with E-state index >= 15 is 0 Å². The molecule has 1 amide bonds. The van der Waals surface area contributed by atoms with Crippen LogP contribution < -0.4 is 10.1 Å². The van der Waals surface area contributed by atoms with E-state index in [4.69, 9.17) is 0 Å². The van der Waals surface area contributed by atoms with Gasteiger partial charge in [0.15, 0.2) is 17.2 Å². The molecule has 3 aromatic heterocycles. The van der Waals surface area contributed by atoms with Crippen molar-refractivity contribution in [2.45, 2.75) is 6.36 Å². The summed E-state index contributed by atoms with van der Waals surface area (Å²) in [6.45, 7) is 0. The van der Waals surface area contributed by atoms with Gasteiger partial charge in [0, 0.05) is 17.8 Å². The number of hydrogen-bond acceptors (Lipinski definition) is 5. The molecule has 0 atom stereocenters. The Morgan fingerprint density at radius 2 is 1.87 bits per heavy atom. The minimum Gasteiger partial charge on any atom is -0.405 e. The number of nitrogens with zero attached hydrogens (tertiary/aromatic N) is 4. The molecule has 12 heteroatoms. The van der Waals surface area contributed by atoms with E-state index in [1.54, 1.807) is 0 Å². The Morgan fingerprint density at radius 3 is 2.61 bits per heavy atom. The molecule has 3 heterocycles. The van der Waals surface area contributed by atoms with E-state index < -0.39 is 35.3 Å². The molecule has 0 saturated heterocycles. The molecule has 31 heavy (non-hydrogen) atoms. The zero-order chi connectivity index (χ0) is 22.2. The van der Waals surface area contributed by atoms with Crippen molar-refractivity contribution in [2.75, 3.05) is 5.32 Å². The summed E-state index contributed by atoms with van der Waals surface area (Å²) in [6.07, 6.45) is -1.60. The quantitative estimate of drug-likeness (QED) is 0.486. The average molecular weight is 435 g/mol. The molecule has 0 aliphatic carbocycles. The first kappa shape index (κ1) is 20.2. The van der Waals surface area contributed by atoms with Gasteiger partial charge in [0.2, 0.25) is 0 Å². The van der Waals surface area contributed by atoms with Gasteiger partial charge in [-0.25, -0.2) is 23.3 Å². The molecule has 1 aromatic carbocycles. The van der Waals surface area contributed by atoms with Crippen LogP contribution in [0.3, 0.4) is 0 Å². The first-order chi connectivity index (χ1) is 14.7. The lowest BCUT2D eigenvalue weighted by Crippen LogP contribution is -2.17. The van der Waals surface area contributed by atoms with Gasteiger partial charge in [0.05, 0.1) is 18.1 Å². The van der Waals surface area contributed by atoms with Crippen molar-refractivity contribution in [2.24, 2.45) is 0 Å².